The number of aliphatic hydroxyl groups is 1. The minimum absolute atomic E-state index is 0.334. The lowest BCUT2D eigenvalue weighted by atomic mass is 10.1. The maximum absolute atomic E-state index is 12.3. The minimum Gasteiger partial charge on any atom is -0.497 e. The second kappa shape index (κ2) is 6.30. The van der Waals surface area contributed by atoms with Gasteiger partial charge >= 0.3 is 6.03 Å². The van der Waals surface area contributed by atoms with Crippen molar-refractivity contribution in [2.75, 3.05) is 12.4 Å². The lowest BCUT2D eigenvalue weighted by Gasteiger charge is -2.19. The van der Waals surface area contributed by atoms with Gasteiger partial charge in [0.05, 0.1) is 19.3 Å². The lowest BCUT2D eigenvalue weighted by Crippen LogP contribution is -2.36. The van der Waals surface area contributed by atoms with E-state index in [-0.39, 0.29) is 12.1 Å². The molecule has 23 heavy (non-hydrogen) atoms. The van der Waals surface area contributed by atoms with Crippen molar-refractivity contribution in [2.24, 2.45) is 0 Å². The zero-order valence-electron chi connectivity index (χ0n) is 13.2. The first-order valence-corrected chi connectivity index (χ1v) is 7.56. The normalized spacial score (nSPS) is 19.1. The number of fused-ring (bicyclic) bond motifs is 1. The molecule has 0 spiro atoms. The van der Waals surface area contributed by atoms with Gasteiger partial charge in [-0.3, -0.25) is 0 Å². The van der Waals surface area contributed by atoms with Crippen molar-refractivity contribution >= 4 is 11.7 Å². The number of aliphatic hydroxyl groups excluding tert-OH is 1. The number of aryl methyl sites for hydroxylation is 1. The van der Waals surface area contributed by atoms with Crippen LogP contribution < -0.4 is 15.4 Å². The minimum atomic E-state index is -0.602. The van der Waals surface area contributed by atoms with Gasteiger partial charge in [0.15, 0.2) is 0 Å². The van der Waals surface area contributed by atoms with E-state index in [0.717, 1.165) is 22.4 Å². The molecule has 0 aliphatic heterocycles. The van der Waals surface area contributed by atoms with Gasteiger partial charge in [-0.2, -0.15) is 0 Å². The van der Waals surface area contributed by atoms with Crippen molar-refractivity contribution in [3.05, 3.63) is 59.2 Å². The van der Waals surface area contributed by atoms with E-state index in [1.54, 1.807) is 19.2 Å². The van der Waals surface area contributed by atoms with Crippen molar-refractivity contribution < 1.29 is 14.6 Å². The number of amides is 2. The molecule has 1 aliphatic rings. The van der Waals surface area contributed by atoms with E-state index in [1.165, 1.54) is 0 Å². The summed E-state index contributed by atoms with van der Waals surface area (Å²) in [6, 6.07) is 12.5. The van der Waals surface area contributed by atoms with Gasteiger partial charge < -0.3 is 20.5 Å². The smallest absolute Gasteiger partial charge is 0.319 e. The summed E-state index contributed by atoms with van der Waals surface area (Å²) in [4.78, 5) is 12.3. The lowest BCUT2D eigenvalue weighted by molar-refractivity contribution is 0.144. The van der Waals surface area contributed by atoms with Crippen LogP contribution in [0.5, 0.6) is 5.75 Å². The van der Waals surface area contributed by atoms with E-state index in [2.05, 4.69) is 10.6 Å². The first-order valence-electron chi connectivity index (χ1n) is 7.56. The van der Waals surface area contributed by atoms with Crippen LogP contribution in [-0.2, 0) is 6.42 Å². The maximum atomic E-state index is 12.3. The summed E-state index contributed by atoms with van der Waals surface area (Å²) in [6.45, 7) is 1.90. The number of carbonyl (C=O) groups excluding carboxylic acids is 1. The van der Waals surface area contributed by atoms with Crippen LogP contribution in [-0.4, -0.2) is 24.4 Å². The van der Waals surface area contributed by atoms with Gasteiger partial charge in [0.25, 0.3) is 0 Å². The number of anilines is 1. The van der Waals surface area contributed by atoms with Crippen LogP contribution in [0.1, 0.15) is 22.7 Å². The average Bonchev–Trinajstić information content (AvgIpc) is 2.85. The van der Waals surface area contributed by atoms with E-state index in [9.17, 15) is 9.90 Å². The topological polar surface area (TPSA) is 70.6 Å². The summed E-state index contributed by atoms with van der Waals surface area (Å²) in [5.74, 6) is 0.744. The Hall–Kier alpha value is -2.53. The van der Waals surface area contributed by atoms with Crippen molar-refractivity contribution in [3.63, 3.8) is 0 Å². The molecule has 0 fully saturated rings. The number of hydrogen-bond acceptors (Lipinski definition) is 3. The zero-order valence-corrected chi connectivity index (χ0v) is 13.2. The van der Waals surface area contributed by atoms with Crippen LogP contribution in [0.3, 0.4) is 0 Å². The number of ether oxygens (including phenoxy) is 1. The number of nitrogens with one attached hydrogen (secondary N) is 2. The van der Waals surface area contributed by atoms with Crippen molar-refractivity contribution in [1.29, 1.82) is 0 Å². The second-order valence-electron chi connectivity index (χ2n) is 5.73. The summed E-state index contributed by atoms with van der Waals surface area (Å²) in [5, 5.41) is 15.9. The van der Waals surface area contributed by atoms with Gasteiger partial charge in [-0.25, -0.2) is 4.79 Å². The van der Waals surface area contributed by atoms with Crippen LogP contribution in [0.25, 0.3) is 0 Å². The molecule has 0 aromatic heterocycles. The fourth-order valence-electron chi connectivity index (χ4n) is 2.95. The number of hydrogen-bond donors (Lipinski definition) is 3. The molecular weight excluding hydrogens is 292 g/mol. The van der Waals surface area contributed by atoms with Crippen LogP contribution in [0.2, 0.25) is 0 Å². The molecule has 5 heteroatoms. The predicted octanol–water partition coefficient (Wildman–Crippen LogP) is 2.78. The van der Waals surface area contributed by atoms with E-state index >= 15 is 0 Å². The molecule has 120 valence electrons. The SMILES string of the molecule is COc1ccc(NC(=O)N[C@@H]2c3ccccc3C[C@@H]2O)c(C)c1. The molecule has 5 nitrogen and oxygen atoms in total. The molecule has 0 heterocycles. The summed E-state index contributed by atoms with van der Waals surface area (Å²) in [6.07, 6.45) is -0.0435. The standard InChI is InChI=1S/C18H20N2O3/c1-11-9-13(23-2)7-8-15(11)19-18(22)20-17-14-6-4-3-5-12(14)10-16(17)21/h3-9,16-17,21H,10H2,1-2H3,(H2,19,20,22)/t16-,17+/m0/s1. The fourth-order valence-corrected chi connectivity index (χ4v) is 2.95. The molecule has 2 atom stereocenters. The van der Waals surface area contributed by atoms with E-state index in [0.29, 0.717) is 12.1 Å². The van der Waals surface area contributed by atoms with Gasteiger partial charge in [0, 0.05) is 12.1 Å². The third-order valence-electron chi connectivity index (χ3n) is 4.17. The van der Waals surface area contributed by atoms with Gasteiger partial charge in [0.1, 0.15) is 5.75 Å². The molecule has 2 amide bonds. The van der Waals surface area contributed by atoms with Crippen LogP contribution in [0.15, 0.2) is 42.5 Å². The molecule has 2 aromatic carbocycles. The van der Waals surface area contributed by atoms with Crippen molar-refractivity contribution in [1.82, 2.24) is 5.32 Å². The average molecular weight is 312 g/mol. The molecule has 0 saturated carbocycles. The molecule has 1 aliphatic carbocycles. The summed E-state index contributed by atoms with van der Waals surface area (Å²) in [5.41, 5.74) is 3.67. The highest BCUT2D eigenvalue weighted by atomic mass is 16.5. The largest absolute Gasteiger partial charge is 0.497 e. The highest BCUT2D eigenvalue weighted by Gasteiger charge is 2.31. The molecule has 3 N–H and O–H groups in total. The first kappa shape index (κ1) is 15.4. The Balaban J connectivity index is 1.70. The van der Waals surface area contributed by atoms with Gasteiger partial charge in [-0.15, -0.1) is 0 Å². The summed E-state index contributed by atoms with van der Waals surface area (Å²) in [7, 11) is 1.60. The molecular formula is C18H20N2O3. The second-order valence-corrected chi connectivity index (χ2v) is 5.73. The highest BCUT2D eigenvalue weighted by molar-refractivity contribution is 5.90. The quantitative estimate of drug-likeness (QED) is 0.816. The molecule has 0 saturated heterocycles. The number of benzene rings is 2. The Bertz CT molecular complexity index is 730. The molecule has 2 aromatic rings. The number of urea groups is 1. The van der Waals surface area contributed by atoms with Gasteiger partial charge in [-0.1, -0.05) is 24.3 Å². The summed E-state index contributed by atoms with van der Waals surface area (Å²) < 4.78 is 5.15. The Labute approximate surface area is 135 Å². The Morgan fingerprint density at radius 2 is 2.04 bits per heavy atom. The molecule has 0 unspecified atom stereocenters. The molecule has 0 bridgehead atoms. The zero-order chi connectivity index (χ0) is 16.4. The number of methoxy groups -OCH3 is 1. The Kier molecular flexibility index (Phi) is 4.21. The summed E-state index contributed by atoms with van der Waals surface area (Å²) >= 11 is 0. The Morgan fingerprint density at radius 3 is 2.78 bits per heavy atom. The van der Waals surface area contributed by atoms with E-state index in [1.807, 2.05) is 37.3 Å². The van der Waals surface area contributed by atoms with E-state index in [4.69, 9.17) is 4.74 Å². The maximum Gasteiger partial charge on any atom is 0.319 e. The monoisotopic (exact) mass is 312 g/mol. The van der Waals surface area contributed by atoms with Gasteiger partial charge in [0.2, 0.25) is 0 Å². The molecule has 3 rings (SSSR count). The van der Waals surface area contributed by atoms with E-state index < -0.39 is 6.10 Å². The van der Waals surface area contributed by atoms with Crippen LogP contribution in [0.4, 0.5) is 10.5 Å². The third kappa shape index (κ3) is 3.14. The van der Waals surface area contributed by atoms with Crippen molar-refractivity contribution in [3.8, 4) is 5.75 Å². The Morgan fingerprint density at radius 1 is 1.26 bits per heavy atom. The van der Waals surface area contributed by atoms with Crippen LogP contribution >= 0.6 is 0 Å². The first-order chi connectivity index (χ1) is 11.1. The number of carbonyl (C=O) groups is 1. The van der Waals surface area contributed by atoms with Crippen molar-refractivity contribution in [2.45, 2.75) is 25.5 Å². The fraction of sp³-hybridized carbons (Fsp3) is 0.278. The number of rotatable bonds is 3. The molecule has 0 radical (unpaired) electrons. The van der Waals surface area contributed by atoms with Gasteiger partial charge in [-0.05, 0) is 41.8 Å². The third-order valence-corrected chi connectivity index (χ3v) is 4.17. The predicted molar refractivity (Wildman–Crippen MR) is 88.8 cm³/mol. The highest BCUT2D eigenvalue weighted by Crippen LogP contribution is 2.31. The van der Waals surface area contributed by atoms with Crippen LogP contribution in [0, 0.1) is 6.92 Å².